The Morgan fingerprint density at radius 3 is 2.67 bits per heavy atom. The fourth-order valence-corrected chi connectivity index (χ4v) is 2.27. The molecule has 0 aliphatic carbocycles. The molecular formula is C15H22N3O3+. The predicted octanol–water partition coefficient (Wildman–Crippen LogP) is -0.133. The summed E-state index contributed by atoms with van der Waals surface area (Å²) in [5, 5.41) is 5.09. The Labute approximate surface area is 124 Å². The molecule has 1 aromatic carbocycles. The number of nitrogens with one attached hydrogen (secondary N) is 3. The SMILES string of the molecule is Cc1cccc(NC(=O)NC(=O)C[NH+]2CCOCC2)c1C. The molecule has 1 fully saturated rings. The van der Waals surface area contributed by atoms with Crippen LogP contribution in [0.25, 0.3) is 0 Å². The van der Waals surface area contributed by atoms with Crippen molar-refractivity contribution in [1.29, 1.82) is 0 Å². The third-order valence-electron chi connectivity index (χ3n) is 3.72. The Kier molecular flexibility index (Phi) is 5.30. The molecule has 0 saturated carbocycles. The van der Waals surface area contributed by atoms with E-state index in [9.17, 15) is 9.59 Å². The topological polar surface area (TPSA) is 71.9 Å². The average Bonchev–Trinajstić information content (AvgIpc) is 2.44. The quantitative estimate of drug-likeness (QED) is 0.726. The molecule has 1 aliphatic rings. The third kappa shape index (κ3) is 4.54. The van der Waals surface area contributed by atoms with Crippen molar-refractivity contribution in [1.82, 2.24) is 5.32 Å². The van der Waals surface area contributed by atoms with Gasteiger partial charge >= 0.3 is 6.03 Å². The van der Waals surface area contributed by atoms with Crippen molar-refractivity contribution in [3.8, 4) is 0 Å². The van der Waals surface area contributed by atoms with E-state index in [1.165, 1.54) is 0 Å². The second-order valence-corrected chi connectivity index (χ2v) is 5.29. The maximum absolute atomic E-state index is 11.9. The van der Waals surface area contributed by atoms with E-state index in [0.717, 1.165) is 34.8 Å². The van der Waals surface area contributed by atoms with Crippen LogP contribution in [0, 0.1) is 13.8 Å². The van der Waals surface area contributed by atoms with Crippen LogP contribution in [-0.4, -0.2) is 44.8 Å². The van der Waals surface area contributed by atoms with Crippen LogP contribution in [0.1, 0.15) is 11.1 Å². The molecule has 6 nitrogen and oxygen atoms in total. The third-order valence-corrected chi connectivity index (χ3v) is 3.72. The summed E-state index contributed by atoms with van der Waals surface area (Å²) in [7, 11) is 0. The minimum atomic E-state index is -0.485. The number of morpholine rings is 1. The molecule has 0 aromatic heterocycles. The van der Waals surface area contributed by atoms with E-state index < -0.39 is 6.03 Å². The van der Waals surface area contributed by atoms with Crippen molar-refractivity contribution in [2.75, 3.05) is 38.2 Å². The van der Waals surface area contributed by atoms with Crippen molar-refractivity contribution in [2.45, 2.75) is 13.8 Å². The zero-order chi connectivity index (χ0) is 15.2. The number of hydrogen-bond donors (Lipinski definition) is 3. The zero-order valence-corrected chi connectivity index (χ0v) is 12.5. The monoisotopic (exact) mass is 292 g/mol. The molecule has 21 heavy (non-hydrogen) atoms. The number of amides is 3. The molecular weight excluding hydrogens is 270 g/mol. The van der Waals surface area contributed by atoms with Crippen molar-refractivity contribution in [2.24, 2.45) is 0 Å². The van der Waals surface area contributed by atoms with Crippen molar-refractivity contribution in [3.63, 3.8) is 0 Å². The van der Waals surface area contributed by atoms with Crippen molar-refractivity contribution < 1.29 is 19.2 Å². The second kappa shape index (κ2) is 7.19. The average molecular weight is 292 g/mol. The molecule has 6 heteroatoms. The van der Waals surface area contributed by atoms with Crippen LogP contribution in [0.5, 0.6) is 0 Å². The summed E-state index contributed by atoms with van der Waals surface area (Å²) < 4.78 is 5.23. The summed E-state index contributed by atoms with van der Waals surface area (Å²) in [5.41, 5.74) is 2.81. The maximum atomic E-state index is 11.9. The molecule has 0 spiro atoms. The van der Waals surface area contributed by atoms with Crippen molar-refractivity contribution >= 4 is 17.6 Å². The Morgan fingerprint density at radius 2 is 1.95 bits per heavy atom. The zero-order valence-electron chi connectivity index (χ0n) is 12.5. The van der Waals surface area contributed by atoms with Gasteiger partial charge in [0.2, 0.25) is 0 Å². The number of carbonyl (C=O) groups excluding carboxylic acids is 2. The highest BCUT2D eigenvalue weighted by atomic mass is 16.5. The number of urea groups is 1. The van der Waals surface area contributed by atoms with E-state index in [2.05, 4.69) is 10.6 Å². The number of anilines is 1. The van der Waals surface area contributed by atoms with Gasteiger partial charge < -0.3 is 15.0 Å². The summed E-state index contributed by atoms with van der Waals surface area (Å²) in [4.78, 5) is 24.8. The molecule has 0 radical (unpaired) electrons. The second-order valence-electron chi connectivity index (χ2n) is 5.29. The Bertz CT molecular complexity index is 525. The Balaban J connectivity index is 1.83. The molecule has 1 saturated heterocycles. The van der Waals surface area contributed by atoms with Gasteiger partial charge in [-0.3, -0.25) is 10.1 Å². The van der Waals surface area contributed by atoms with Gasteiger partial charge in [-0.2, -0.15) is 0 Å². The fourth-order valence-electron chi connectivity index (χ4n) is 2.27. The molecule has 0 bridgehead atoms. The largest absolute Gasteiger partial charge is 0.370 e. The summed E-state index contributed by atoms with van der Waals surface area (Å²) in [5.74, 6) is -0.269. The first kappa shape index (κ1) is 15.5. The van der Waals surface area contributed by atoms with Gasteiger partial charge in [0, 0.05) is 5.69 Å². The summed E-state index contributed by atoms with van der Waals surface area (Å²) in [6.45, 7) is 7.13. The van der Waals surface area contributed by atoms with Gasteiger partial charge in [-0.15, -0.1) is 0 Å². The minimum Gasteiger partial charge on any atom is -0.370 e. The molecule has 3 amide bonds. The lowest BCUT2D eigenvalue weighted by molar-refractivity contribution is -0.900. The molecule has 1 aromatic rings. The lowest BCUT2D eigenvalue weighted by Crippen LogP contribution is -3.15. The molecule has 3 N–H and O–H groups in total. The van der Waals surface area contributed by atoms with Crippen molar-refractivity contribution in [3.05, 3.63) is 29.3 Å². The first-order valence-electron chi connectivity index (χ1n) is 7.14. The highest BCUT2D eigenvalue weighted by molar-refractivity contribution is 6.01. The Hall–Kier alpha value is -1.92. The normalized spacial score (nSPS) is 15.5. The summed E-state index contributed by atoms with van der Waals surface area (Å²) in [6, 6.07) is 5.18. The molecule has 1 aliphatic heterocycles. The molecule has 2 rings (SSSR count). The maximum Gasteiger partial charge on any atom is 0.326 e. The molecule has 114 valence electrons. The smallest absolute Gasteiger partial charge is 0.326 e. The number of benzene rings is 1. The minimum absolute atomic E-state index is 0.269. The Morgan fingerprint density at radius 1 is 1.24 bits per heavy atom. The fraction of sp³-hybridized carbons (Fsp3) is 0.467. The van der Waals surface area contributed by atoms with E-state index in [-0.39, 0.29) is 5.91 Å². The standard InChI is InChI=1S/C15H21N3O3/c1-11-4-3-5-13(12(11)2)16-15(20)17-14(19)10-18-6-8-21-9-7-18/h3-5H,6-10H2,1-2H3,(H2,16,17,19,20)/p+1. The van der Waals surface area contributed by atoms with E-state index in [4.69, 9.17) is 4.74 Å². The van der Waals surface area contributed by atoms with Gasteiger partial charge in [0.15, 0.2) is 6.54 Å². The highest BCUT2D eigenvalue weighted by Gasteiger charge is 2.19. The van der Waals surface area contributed by atoms with E-state index in [1.54, 1.807) is 0 Å². The number of hydrogen-bond acceptors (Lipinski definition) is 3. The number of quaternary nitrogens is 1. The van der Waals surface area contributed by atoms with E-state index in [1.807, 2.05) is 32.0 Å². The molecule has 0 atom stereocenters. The first-order valence-corrected chi connectivity index (χ1v) is 7.14. The summed E-state index contributed by atoms with van der Waals surface area (Å²) in [6.07, 6.45) is 0. The number of ether oxygens (including phenoxy) is 1. The van der Waals surface area contributed by atoms with Gasteiger partial charge in [-0.1, -0.05) is 12.1 Å². The van der Waals surface area contributed by atoms with Crippen LogP contribution in [0.15, 0.2) is 18.2 Å². The predicted molar refractivity (Wildman–Crippen MR) is 79.5 cm³/mol. The number of rotatable bonds is 3. The van der Waals surface area contributed by atoms with Gasteiger partial charge in [0.1, 0.15) is 13.1 Å². The van der Waals surface area contributed by atoms with E-state index >= 15 is 0 Å². The lowest BCUT2D eigenvalue weighted by atomic mass is 10.1. The summed E-state index contributed by atoms with van der Waals surface area (Å²) >= 11 is 0. The molecule has 1 heterocycles. The number of imide groups is 1. The number of carbonyl (C=O) groups is 2. The van der Waals surface area contributed by atoms with Gasteiger partial charge in [-0.05, 0) is 31.0 Å². The van der Waals surface area contributed by atoms with E-state index in [0.29, 0.717) is 19.8 Å². The number of aryl methyl sites for hydroxylation is 1. The van der Waals surface area contributed by atoms with Gasteiger partial charge in [0.25, 0.3) is 5.91 Å². The first-order chi connectivity index (χ1) is 10.1. The van der Waals surface area contributed by atoms with Gasteiger partial charge in [0.05, 0.1) is 13.2 Å². The van der Waals surface area contributed by atoms with Crippen LogP contribution in [0.3, 0.4) is 0 Å². The van der Waals surface area contributed by atoms with Crippen LogP contribution in [-0.2, 0) is 9.53 Å². The van der Waals surface area contributed by atoms with Crippen LogP contribution in [0.2, 0.25) is 0 Å². The lowest BCUT2D eigenvalue weighted by Gasteiger charge is -2.22. The highest BCUT2D eigenvalue weighted by Crippen LogP contribution is 2.17. The van der Waals surface area contributed by atoms with Gasteiger partial charge in [-0.25, -0.2) is 4.79 Å². The van der Waals surface area contributed by atoms with Crippen LogP contribution < -0.4 is 15.5 Å². The van der Waals surface area contributed by atoms with Crippen LogP contribution in [0.4, 0.5) is 10.5 Å². The molecule has 0 unspecified atom stereocenters. The van der Waals surface area contributed by atoms with Crippen LogP contribution >= 0.6 is 0 Å².